The molecular formula is C14H13FN2O3. The maximum Gasteiger partial charge on any atom is 0.311 e. The van der Waals surface area contributed by atoms with Crippen molar-refractivity contribution < 1.29 is 14.1 Å². The number of benzene rings is 2. The summed E-state index contributed by atoms with van der Waals surface area (Å²) in [5, 5.41) is 10.9. The number of rotatable bonds is 4. The largest absolute Gasteiger partial charge is 0.450 e. The third-order valence-corrected chi connectivity index (χ3v) is 2.81. The van der Waals surface area contributed by atoms with Crippen LogP contribution in [0.4, 0.5) is 10.1 Å². The molecule has 0 spiro atoms. The Balaban J connectivity index is 2.39. The fourth-order valence-corrected chi connectivity index (χ4v) is 1.79. The fraction of sp³-hybridized carbons (Fsp3) is 0.143. The normalized spacial score (nSPS) is 10.3. The van der Waals surface area contributed by atoms with Crippen molar-refractivity contribution >= 4 is 5.69 Å². The molecule has 0 saturated carbocycles. The standard InChI is InChI=1S/C14H13FN2O3/c1-9-6-10(8-16)2-5-13(9)20-14-7-11(15)3-4-12(14)17(18)19/h2-7H,8,16H2,1H3. The van der Waals surface area contributed by atoms with E-state index >= 15 is 0 Å². The molecule has 0 aliphatic heterocycles. The van der Waals surface area contributed by atoms with E-state index in [0.717, 1.165) is 29.3 Å². The summed E-state index contributed by atoms with van der Waals surface area (Å²) >= 11 is 0. The zero-order chi connectivity index (χ0) is 14.7. The summed E-state index contributed by atoms with van der Waals surface area (Å²) in [6.45, 7) is 2.18. The van der Waals surface area contributed by atoms with Crippen molar-refractivity contribution in [3.63, 3.8) is 0 Å². The molecule has 0 heterocycles. The molecule has 0 aliphatic rings. The quantitative estimate of drug-likeness (QED) is 0.686. The molecule has 2 aromatic rings. The highest BCUT2D eigenvalue weighted by molar-refractivity contribution is 5.50. The van der Waals surface area contributed by atoms with Gasteiger partial charge in [0, 0.05) is 18.7 Å². The number of hydrogen-bond donors (Lipinski definition) is 1. The first-order valence-electron chi connectivity index (χ1n) is 5.92. The van der Waals surface area contributed by atoms with E-state index in [1.807, 2.05) is 6.07 Å². The van der Waals surface area contributed by atoms with Crippen LogP contribution in [0, 0.1) is 22.9 Å². The smallest absolute Gasteiger partial charge is 0.311 e. The first-order chi connectivity index (χ1) is 9.51. The van der Waals surface area contributed by atoms with E-state index in [4.69, 9.17) is 10.5 Å². The SMILES string of the molecule is Cc1cc(CN)ccc1Oc1cc(F)ccc1[N+](=O)[O-]. The summed E-state index contributed by atoms with van der Waals surface area (Å²) in [6, 6.07) is 8.33. The molecular weight excluding hydrogens is 263 g/mol. The number of nitro benzene ring substituents is 1. The second kappa shape index (κ2) is 5.66. The van der Waals surface area contributed by atoms with Crippen molar-refractivity contribution in [3.8, 4) is 11.5 Å². The van der Waals surface area contributed by atoms with Crippen molar-refractivity contribution in [1.82, 2.24) is 0 Å². The highest BCUT2D eigenvalue weighted by Crippen LogP contribution is 2.33. The second-order valence-corrected chi connectivity index (χ2v) is 4.28. The third kappa shape index (κ3) is 2.92. The van der Waals surface area contributed by atoms with Crippen molar-refractivity contribution in [3.05, 3.63) is 63.5 Å². The molecule has 0 bridgehead atoms. The Kier molecular flexibility index (Phi) is 3.95. The zero-order valence-electron chi connectivity index (χ0n) is 10.8. The second-order valence-electron chi connectivity index (χ2n) is 4.28. The molecule has 0 atom stereocenters. The Morgan fingerprint density at radius 3 is 2.60 bits per heavy atom. The summed E-state index contributed by atoms with van der Waals surface area (Å²) in [4.78, 5) is 10.3. The van der Waals surface area contributed by atoms with Gasteiger partial charge >= 0.3 is 5.69 Å². The number of ether oxygens (including phenoxy) is 1. The van der Waals surface area contributed by atoms with Crippen molar-refractivity contribution in [1.29, 1.82) is 0 Å². The Morgan fingerprint density at radius 1 is 1.25 bits per heavy atom. The molecule has 6 heteroatoms. The van der Waals surface area contributed by atoms with E-state index in [1.54, 1.807) is 19.1 Å². The monoisotopic (exact) mass is 276 g/mol. The molecule has 5 nitrogen and oxygen atoms in total. The summed E-state index contributed by atoms with van der Waals surface area (Å²) in [5.41, 5.74) is 6.93. The Morgan fingerprint density at radius 2 is 2.00 bits per heavy atom. The van der Waals surface area contributed by atoms with E-state index in [2.05, 4.69) is 0 Å². The lowest BCUT2D eigenvalue weighted by atomic mass is 10.1. The third-order valence-electron chi connectivity index (χ3n) is 2.81. The van der Waals surface area contributed by atoms with Crippen LogP contribution in [0.15, 0.2) is 36.4 Å². The molecule has 0 radical (unpaired) electrons. The molecule has 0 saturated heterocycles. The lowest BCUT2D eigenvalue weighted by Crippen LogP contribution is -1.98. The van der Waals surface area contributed by atoms with E-state index in [1.165, 1.54) is 0 Å². The van der Waals surface area contributed by atoms with Gasteiger partial charge in [-0.05, 0) is 30.2 Å². The van der Waals surface area contributed by atoms with Gasteiger partial charge in [-0.2, -0.15) is 0 Å². The van der Waals surface area contributed by atoms with E-state index < -0.39 is 10.7 Å². The molecule has 2 rings (SSSR count). The molecule has 0 aromatic heterocycles. The minimum absolute atomic E-state index is 0.126. The fourth-order valence-electron chi connectivity index (χ4n) is 1.79. The van der Waals surface area contributed by atoms with Gasteiger partial charge in [0.25, 0.3) is 0 Å². The van der Waals surface area contributed by atoms with Crippen LogP contribution >= 0.6 is 0 Å². The van der Waals surface area contributed by atoms with Crippen LogP contribution in [0.2, 0.25) is 0 Å². The predicted octanol–water partition coefficient (Wildman–Crippen LogP) is 3.29. The number of nitrogens with zero attached hydrogens (tertiary/aromatic N) is 1. The highest BCUT2D eigenvalue weighted by atomic mass is 19.1. The maximum atomic E-state index is 13.2. The van der Waals surface area contributed by atoms with Gasteiger partial charge in [-0.25, -0.2) is 4.39 Å². The highest BCUT2D eigenvalue weighted by Gasteiger charge is 2.17. The molecule has 2 aromatic carbocycles. The minimum Gasteiger partial charge on any atom is -0.450 e. The maximum absolute atomic E-state index is 13.2. The number of aryl methyl sites for hydroxylation is 1. The van der Waals surface area contributed by atoms with Crippen LogP contribution in [-0.2, 0) is 6.54 Å². The minimum atomic E-state index is -0.613. The summed E-state index contributed by atoms with van der Waals surface area (Å²) < 4.78 is 18.7. The van der Waals surface area contributed by atoms with Gasteiger partial charge in [0.15, 0.2) is 0 Å². The summed E-state index contributed by atoms with van der Waals surface area (Å²) in [6.07, 6.45) is 0. The van der Waals surface area contributed by atoms with Crippen molar-refractivity contribution in [2.75, 3.05) is 0 Å². The molecule has 104 valence electrons. The summed E-state index contributed by atoms with van der Waals surface area (Å²) in [5.74, 6) is -0.295. The van der Waals surface area contributed by atoms with Gasteiger partial charge in [0.2, 0.25) is 5.75 Å². The Hall–Kier alpha value is -2.47. The molecule has 20 heavy (non-hydrogen) atoms. The number of halogens is 1. The molecule has 0 aliphatic carbocycles. The van der Waals surface area contributed by atoms with Crippen LogP contribution in [0.5, 0.6) is 11.5 Å². The van der Waals surface area contributed by atoms with Crippen molar-refractivity contribution in [2.24, 2.45) is 5.73 Å². The van der Waals surface area contributed by atoms with Gasteiger partial charge in [0.1, 0.15) is 11.6 Å². The Labute approximate surface area is 114 Å². The van der Waals surface area contributed by atoms with Crippen LogP contribution in [0.1, 0.15) is 11.1 Å². The Bertz CT molecular complexity index is 659. The van der Waals surface area contributed by atoms with Gasteiger partial charge in [-0.15, -0.1) is 0 Å². The van der Waals surface area contributed by atoms with Gasteiger partial charge in [-0.3, -0.25) is 10.1 Å². The van der Waals surface area contributed by atoms with Gasteiger partial charge in [-0.1, -0.05) is 12.1 Å². The van der Waals surface area contributed by atoms with E-state index in [0.29, 0.717) is 12.3 Å². The lowest BCUT2D eigenvalue weighted by molar-refractivity contribution is -0.385. The molecule has 0 unspecified atom stereocenters. The number of nitrogens with two attached hydrogens (primary N) is 1. The van der Waals surface area contributed by atoms with Crippen LogP contribution < -0.4 is 10.5 Å². The first-order valence-corrected chi connectivity index (χ1v) is 5.92. The molecule has 0 amide bonds. The average molecular weight is 276 g/mol. The van der Waals surface area contributed by atoms with Crippen LogP contribution in [-0.4, -0.2) is 4.92 Å². The average Bonchev–Trinajstić information content (AvgIpc) is 2.40. The van der Waals surface area contributed by atoms with Crippen molar-refractivity contribution in [2.45, 2.75) is 13.5 Å². The summed E-state index contributed by atoms with van der Waals surface area (Å²) in [7, 11) is 0. The van der Waals surface area contributed by atoms with Crippen LogP contribution in [0.3, 0.4) is 0 Å². The topological polar surface area (TPSA) is 78.4 Å². The zero-order valence-corrected chi connectivity index (χ0v) is 10.8. The van der Waals surface area contributed by atoms with E-state index in [9.17, 15) is 14.5 Å². The molecule has 2 N–H and O–H groups in total. The number of nitro groups is 1. The van der Waals surface area contributed by atoms with E-state index in [-0.39, 0.29) is 11.4 Å². The first kappa shape index (κ1) is 14.0. The van der Waals surface area contributed by atoms with Crippen LogP contribution in [0.25, 0.3) is 0 Å². The molecule has 0 fully saturated rings. The van der Waals surface area contributed by atoms with Gasteiger partial charge in [0.05, 0.1) is 4.92 Å². The van der Waals surface area contributed by atoms with Gasteiger partial charge < -0.3 is 10.5 Å². The predicted molar refractivity (Wildman–Crippen MR) is 72.2 cm³/mol. The number of hydrogen-bond acceptors (Lipinski definition) is 4. The lowest BCUT2D eigenvalue weighted by Gasteiger charge is -2.10.